The highest BCUT2D eigenvalue weighted by Crippen LogP contribution is 2.22. The van der Waals surface area contributed by atoms with E-state index in [-0.39, 0.29) is 11.4 Å². The molecule has 0 saturated heterocycles. The monoisotopic (exact) mass is 342 g/mol. The van der Waals surface area contributed by atoms with Crippen molar-refractivity contribution >= 4 is 16.4 Å². The summed E-state index contributed by atoms with van der Waals surface area (Å²) in [4.78, 5) is 6.63. The van der Waals surface area contributed by atoms with Crippen molar-refractivity contribution in [1.29, 1.82) is 0 Å². The van der Waals surface area contributed by atoms with E-state index in [2.05, 4.69) is 16.8 Å². The molecule has 0 amide bonds. The van der Waals surface area contributed by atoms with E-state index in [0.29, 0.717) is 0 Å². The first-order valence-electron chi connectivity index (χ1n) is 7.23. The minimum atomic E-state index is -4.67. The zero-order valence-corrected chi connectivity index (χ0v) is 13.9. The van der Waals surface area contributed by atoms with Crippen LogP contribution in [0.4, 0.5) is 0 Å². The fourth-order valence-electron chi connectivity index (χ4n) is 2.52. The highest BCUT2D eigenvalue weighted by molar-refractivity contribution is 7.79. The number of rotatable bonds is 6. The van der Waals surface area contributed by atoms with Crippen molar-refractivity contribution in [3.63, 3.8) is 0 Å². The molecule has 8 N–H and O–H groups in total. The zero-order valence-electron chi connectivity index (χ0n) is 13.1. The van der Waals surface area contributed by atoms with Gasteiger partial charge in [-0.05, 0) is 25.8 Å². The summed E-state index contributed by atoms with van der Waals surface area (Å²) < 4.78 is 31.6. The summed E-state index contributed by atoms with van der Waals surface area (Å²) >= 11 is 0. The molecule has 0 heterocycles. The zero-order chi connectivity index (χ0) is 16.3. The SMILES string of the molecule is CCCN(CCN=C(N)N)C1CCCCC1.O.O=S(=O)(O)O. The maximum Gasteiger partial charge on any atom is 0.394 e. The molecule has 0 aliphatic heterocycles. The van der Waals surface area contributed by atoms with E-state index < -0.39 is 10.4 Å². The molecule has 0 radical (unpaired) electrons. The van der Waals surface area contributed by atoms with Crippen molar-refractivity contribution in [2.75, 3.05) is 19.6 Å². The number of hydrogen-bond acceptors (Lipinski definition) is 4. The second-order valence-corrected chi connectivity index (χ2v) is 5.98. The molecular formula is C12H30N4O5S. The topological polar surface area (TPSA) is 174 Å². The Morgan fingerprint density at radius 3 is 2.09 bits per heavy atom. The summed E-state index contributed by atoms with van der Waals surface area (Å²) in [6.07, 6.45) is 8.08. The van der Waals surface area contributed by atoms with E-state index in [9.17, 15) is 0 Å². The fourth-order valence-corrected chi connectivity index (χ4v) is 2.52. The first-order chi connectivity index (χ1) is 9.74. The van der Waals surface area contributed by atoms with Gasteiger partial charge in [0, 0.05) is 12.6 Å². The Bertz CT molecular complexity index is 384. The van der Waals surface area contributed by atoms with E-state index in [0.717, 1.165) is 19.1 Å². The van der Waals surface area contributed by atoms with E-state index in [1.165, 1.54) is 45.1 Å². The highest BCUT2D eigenvalue weighted by Gasteiger charge is 2.19. The molecule has 0 bridgehead atoms. The third kappa shape index (κ3) is 15.4. The van der Waals surface area contributed by atoms with Gasteiger partial charge in [-0.15, -0.1) is 0 Å². The molecule has 134 valence electrons. The molecule has 22 heavy (non-hydrogen) atoms. The first-order valence-corrected chi connectivity index (χ1v) is 8.63. The lowest BCUT2D eigenvalue weighted by molar-refractivity contribution is 0.160. The number of guanidine groups is 1. The molecular weight excluding hydrogens is 312 g/mol. The van der Waals surface area contributed by atoms with E-state index in [1.807, 2.05) is 0 Å². The Balaban J connectivity index is 0. The second-order valence-electron chi connectivity index (χ2n) is 5.08. The molecule has 10 heteroatoms. The van der Waals surface area contributed by atoms with Gasteiger partial charge in [-0.2, -0.15) is 8.42 Å². The van der Waals surface area contributed by atoms with Crippen molar-refractivity contribution < 1.29 is 23.0 Å². The van der Waals surface area contributed by atoms with Crippen LogP contribution in [0.5, 0.6) is 0 Å². The normalized spacial score (nSPS) is 15.5. The smallest absolute Gasteiger partial charge is 0.394 e. The summed E-state index contributed by atoms with van der Waals surface area (Å²) in [7, 11) is -4.67. The van der Waals surface area contributed by atoms with Crippen LogP contribution in [-0.4, -0.2) is 59.5 Å². The van der Waals surface area contributed by atoms with Crippen LogP contribution in [0.25, 0.3) is 0 Å². The number of nitrogens with two attached hydrogens (primary N) is 2. The summed E-state index contributed by atoms with van der Waals surface area (Å²) in [5, 5.41) is 0. The summed E-state index contributed by atoms with van der Waals surface area (Å²) in [6, 6.07) is 0.767. The van der Waals surface area contributed by atoms with Crippen molar-refractivity contribution in [1.82, 2.24) is 4.90 Å². The lowest BCUT2D eigenvalue weighted by Crippen LogP contribution is -2.39. The molecule has 0 unspecified atom stereocenters. The predicted molar refractivity (Wildman–Crippen MR) is 87.2 cm³/mol. The minimum absolute atomic E-state index is 0. The quantitative estimate of drug-likeness (QED) is 0.294. The lowest BCUT2D eigenvalue weighted by Gasteiger charge is -2.33. The van der Waals surface area contributed by atoms with E-state index in [1.54, 1.807) is 0 Å². The van der Waals surface area contributed by atoms with Gasteiger partial charge in [0.15, 0.2) is 5.96 Å². The highest BCUT2D eigenvalue weighted by atomic mass is 32.3. The molecule has 0 atom stereocenters. The van der Waals surface area contributed by atoms with Crippen LogP contribution in [0, 0.1) is 0 Å². The molecule has 1 rings (SSSR count). The standard InChI is InChI=1S/C12H26N4.H2O4S.H2O/c1-2-9-16(10-8-15-12(13)14)11-6-4-3-5-7-11;1-5(2,3)4;/h11H,2-10H2,1H3,(H4,13,14,15);(H2,1,2,3,4);1H2. The van der Waals surface area contributed by atoms with Crippen LogP contribution in [-0.2, 0) is 10.4 Å². The van der Waals surface area contributed by atoms with Gasteiger partial charge in [-0.3, -0.25) is 19.0 Å². The van der Waals surface area contributed by atoms with Gasteiger partial charge in [-0.25, -0.2) is 0 Å². The summed E-state index contributed by atoms with van der Waals surface area (Å²) in [6.45, 7) is 5.14. The average molecular weight is 342 g/mol. The Morgan fingerprint density at radius 2 is 1.68 bits per heavy atom. The van der Waals surface area contributed by atoms with E-state index >= 15 is 0 Å². The maximum absolute atomic E-state index is 8.74. The minimum Gasteiger partial charge on any atom is -0.412 e. The Labute approximate surface area is 132 Å². The van der Waals surface area contributed by atoms with Crippen LogP contribution >= 0.6 is 0 Å². The first kappa shape index (κ1) is 23.3. The lowest BCUT2D eigenvalue weighted by atomic mass is 9.94. The number of hydrogen-bond donors (Lipinski definition) is 4. The van der Waals surface area contributed by atoms with Crippen LogP contribution in [0.15, 0.2) is 4.99 Å². The Morgan fingerprint density at radius 1 is 1.18 bits per heavy atom. The Kier molecular flexibility index (Phi) is 13.3. The third-order valence-corrected chi connectivity index (χ3v) is 3.28. The van der Waals surface area contributed by atoms with Crippen molar-refractivity contribution in [2.45, 2.75) is 51.5 Å². The van der Waals surface area contributed by atoms with Gasteiger partial charge in [-0.1, -0.05) is 26.2 Å². The summed E-state index contributed by atoms with van der Waals surface area (Å²) in [5.41, 5.74) is 10.7. The van der Waals surface area contributed by atoms with Gasteiger partial charge in [0.2, 0.25) is 0 Å². The van der Waals surface area contributed by atoms with Gasteiger partial charge < -0.3 is 16.9 Å². The van der Waals surface area contributed by atoms with Crippen molar-refractivity contribution in [3.05, 3.63) is 0 Å². The third-order valence-electron chi connectivity index (χ3n) is 3.28. The molecule has 1 aliphatic carbocycles. The largest absolute Gasteiger partial charge is 0.412 e. The van der Waals surface area contributed by atoms with Crippen molar-refractivity contribution in [2.24, 2.45) is 16.5 Å². The van der Waals surface area contributed by atoms with Gasteiger partial charge in [0.05, 0.1) is 6.54 Å². The predicted octanol–water partition coefficient (Wildman–Crippen LogP) is -0.173. The molecule has 1 aliphatic rings. The second kappa shape index (κ2) is 12.6. The number of nitrogens with zero attached hydrogens (tertiary/aromatic N) is 2. The van der Waals surface area contributed by atoms with Gasteiger partial charge in [0.1, 0.15) is 0 Å². The van der Waals surface area contributed by atoms with Crippen molar-refractivity contribution in [3.8, 4) is 0 Å². The summed E-state index contributed by atoms with van der Waals surface area (Å²) in [5.74, 6) is 0.208. The van der Waals surface area contributed by atoms with Crippen LogP contribution in [0.1, 0.15) is 45.4 Å². The Hall–Kier alpha value is -0.940. The van der Waals surface area contributed by atoms with Gasteiger partial charge in [0.25, 0.3) is 0 Å². The fraction of sp³-hybridized carbons (Fsp3) is 0.917. The molecule has 0 aromatic heterocycles. The molecule has 0 spiro atoms. The molecule has 9 nitrogen and oxygen atoms in total. The number of aliphatic imine (C=N–C) groups is 1. The van der Waals surface area contributed by atoms with E-state index in [4.69, 9.17) is 29.0 Å². The molecule has 0 aromatic carbocycles. The van der Waals surface area contributed by atoms with Gasteiger partial charge >= 0.3 is 10.4 Å². The average Bonchev–Trinajstić information content (AvgIpc) is 2.36. The van der Waals surface area contributed by atoms with Crippen LogP contribution in [0.2, 0.25) is 0 Å². The van der Waals surface area contributed by atoms with Crippen LogP contribution < -0.4 is 11.5 Å². The van der Waals surface area contributed by atoms with Crippen LogP contribution in [0.3, 0.4) is 0 Å². The molecule has 0 aromatic rings. The maximum atomic E-state index is 8.74. The molecule has 1 fully saturated rings. The molecule has 1 saturated carbocycles.